The Morgan fingerprint density at radius 1 is 1.40 bits per heavy atom. The maximum absolute atomic E-state index is 13.0. The van der Waals surface area contributed by atoms with Crippen molar-refractivity contribution >= 4 is 16.1 Å². The molecule has 20 heavy (non-hydrogen) atoms. The lowest BCUT2D eigenvalue weighted by Crippen LogP contribution is -2.53. The van der Waals surface area contributed by atoms with Crippen LogP contribution in [0.5, 0.6) is 0 Å². The van der Waals surface area contributed by atoms with E-state index in [0.717, 1.165) is 19.3 Å². The molecule has 116 valence electrons. The van der Waals surface area contributed by atoms with E-state index in [1.54, 1.807) is 0 Å². The minimum Gasteiger partial charge on any atom is -0.460 e. The number of carbonyl (C=O) groups excluding carboxylic acids is 1. The van der Waals surface area contributed by atoms with Crippen LogP contribution in [0.2, 0.25) is 0 Å². The number of hydrogen-bond donors (Lipinski definition) is 1. The summed E-state index contributed by atoms with van der Waals surface area (Å²) in [6.07, 6.45) is 2.73. The Balaban J connectivity index is 1.95. The van der Waals surface area contributed by atoms with Crippen molar-refractivity contribution in [3.05, 3.63) is 0 Å². The monoisotopic (exact) mass is 312 g/mol. The fourth-order valence-corrected chi connectivity index (χ4v) is 3.80. The zero-order valence-electron chi connectivity index (χ0n) is 11.3. The van der Waals surface area contributed by atoms with E-state index in [1.165, 1.54) is 0 Å². The Morgan fingerprint density at radius 3 is 2.45 bits per heavy atom. The molecule has 0 aromatic carbocycles. The highest BCUT2D eigenvalue weighted by Gasteiger charge is 2.56. The van der Waals surface area contributed by atoms with Gasteiger partial charge in [0.1, 0.15) is 0 Å². The molecule has 3 atom stereocenters. The van der Waals surface area contributed by atoms with Crippen LogP contribution in [0.25, 0.3) is 0 Å². The molecule has 0 radical (unpaired) electrons. The predicted octanol–water partition coefficient (Wildman–Crippen LogP) is 2.08. The largest absolute Gasteiger partial charge is 0.465 e. The number of halogens is 2. The third-order valence-electron chi connectivity index (χ3n) is 4.99. The zero-order valence-corrected chi connectivity index (χ0v) is 12.1. The van der Waals surface area contributed by atoms with Crippen molar-refractivity contribution < 1.29 is 31.3 Å². The van der Waals surface area contributed by atoms with Crippen molar-refractivity contribution in [3.8, 4) is 0 Å². The molecule has 0 spiro atoms. The molecule has 5 nitrogen and oxygen atoms in total. The number of ether oxygens (including phenoxy) is 1. The average Bonchev–Trinajstić information content (AvgIpc) is 2.34. The van der Waals surface area contributed by atoms with E-state index in [-0.39, 0.29) is 17.9 Å². The second kappa shape index (κ2) is 4.62. The van der Waals surface area contributed by atoms with Gasteiger partial charge in [-0.2, -0.15) is 17.2 Å². The van der Waals surface area contributed by atoms with Crippen molar-refractivity contribution in [1.29, 1.82) is 0 Å². The molecule has 0 amide bonds. The first kappa shape index (κ1) is 15.6. The Hall–Kier alpha value is -0.760. The second-order valence-corrected chi connectivity index (χ2v) is 7.75. The van der Waals surface area contributed by atoms with Gasteiger partial charge in [-0.1, -0.05) is 13.8 Å². The fourth-order valence-electron chi connectivity index (χ4n) is 3.53. The summed E-state index contributed by atoms with van der Waals surface area (Å²) >= 11 is 0. The Kier molecular flexibility index (Phi) is 3.61. The standard InChI is InChI=1S/C12H18F2O5S/c1-11(2)8-4-3-7(9(11)5-8)6-19-10(15)12(13,14)20(16,17)18/h7-9H,3-6H2,1-2H3,(H,16,17,18). The van der Waals surface area contributed by atoms with Gasteiger partial charge in [-0.05, 0) is 42.4 Å². The van der Waals surface area contributed by atoms with Gasteiger partial charge in [0.2, 0.25) is 0 Å². The van der Waals surface area contributed by atoms with Crippen molar-refractivity contribution in [2.45, 2.75) is 38.4 Å². The molecule has 3 aliphatic rings. The molecule has 0 saturated heterocycles. The van der Waals surface area contributed by atoms with Crippen molar-refractivity contribution in [3.63, 3.8) is 0 Å². The summed E-state index contributed by atoms with van der Waals surface area (Å²) in [6, 6.07) is 0. The maximum Gasteiger partial charge on any atom is 0.465 e. The van der Waals surface area contributed by atoms with Crippen LogP contribution in [-0.2, 0) is 19.6 Å². The summed E-state index contributed by atoms with van der Waals surface area (Å²) < 4.78 is 59.7. The fraction of sp³-hybridized carbons (Fsp3) is 0.917. The van der Waals surface area contributed by atoms with E-state index in [1.807, 2.05) is 0 Å². The van der Waals surface area contributed by atoms with E-state index in [9.17, 15) is 22.0 Å². The van der Waals surface area contributed by atoms with Crippen LogP contribution in [-0.4, -0.2) is 30.8 Å². The van der Waals surface area contributed by atoms with Gasteiger partial charge in [-0.3, -0.25) is 4.55 Å². The van der Waals surface area contributed by atoms with E-state index in [2.05, 4.69) is 18.6 Å². The first-order valence-corrected chi connectivity index (χ1v) is 7.94. The van der Waals surface area contributed by atoms with Crippen molar-refractivity contribution in [1.82, 2.24) is 0 Å². The molecule has 3 saturated carbocycles. The van der Waals surface area contributed by atoms with E-state index in [0.29, 0.717) is 11.8 Å². The smallest absolute Gasteiger partial charge is 0.460 e. The molecule has 0 aliphatic heterocycles. The van der Waals surface area contributed by atoms with E-state index >= 15 is 0 Å². The van der Waals surface area contributed by atoms with Gasteiger partial charge in [0.25, 0.3) is 0 Å². The Labute approximate surface area is 116 Å². The Morgan fingerprint density at radius 2 is 2.00 bits per heavy atom. The van der Waals surface area contributed by atoms with Gasteiger partial charge in [-0.15, -0.1) is 0 Å². The molecule has 2 bridgehead atoms. The third kappa shape index (κ3) is 2.32. The number of rotatable bonds is 4. The summed E-state index contributed by atoms with van der Waals surface area (Å²) in [4.78, 5) is 11.1. The maximum atomic E-state index is 13.0. The quantitative estimate of drug-likeness (QED) is 0.635. The minimum absolute atomic E-state index is 0.0313. The summed E-state index contributed by atoms with van der Waals surface area (Å²) in [6.45, 7) is 3.98. The highest BCUT2D eigenvalue weighted by molar-refractivity contribution is 7.87. The van der Waals surface area contributed by atoms with Crippen LogP contribution >= 0.6 is 0 Å². The first-order valence-electron chi connectivity index (χ1n) is 6.50. The van der Waals surface area contributed by atoms with Crippen LogP contribution in [0.4, 0.5) is 8.78 Å². The molecule has 0 aromatic heterocycles. The number of hydrogen-bond acceptors (Lipinski definition) is 4. The molecule has 0 aromatic rings. The molecule has 3 aliphatic carbocycles. The topological polar surface area (TPSA) is 80.7 Å². The number of esters is 1. The summed E-state index contributed by atoms with van der Waals surface area (Å²) in [5.74, 6) is -1.32. The van der Waals surface area contributed by atoms with E-state index < -0.39 is 21.3 Å². The van der Waals surface area contributed by atoms with Gasteiger partial charge >= 0.3 is 21.3 Å². The van der Waals surface area contributed by atoms with Gasteiger partial charge in [-0.25, -0.2) is 4.79 Å². The molecule has 3 unspecified atom stereocenters. The highest BCUT2D eigenvalue weighted by Crippen LogP contribution is 2.61. The summed E-state index contributed by atoms with van der Waals surface area (Å²) in [7, 11) is -5.79. The molecule has 0 heterocycles. The molecular formula is C12H18F2O5S. The van der Waals surface area contributed by atoms with Gasteiger partial charge in [0, 0.05) is 0 Å². The first-order chi connectivity index (χ1) is 8.98. The number of carbonyl (C=O) groups is 1. The highest BCUT2D eigenvalue weighted by atomic mass is 32.2. The molecule has 1 N–H and O–H groups in total. The summed E-state index contributed by atoms with van der Waals surface area (Å²) in [5, 5.41) is -4.90. The minimum atomic E-state index is -5.79. The molecule has 3 fully saturated rings. The van der Waals surface area contributed by atoms with Gasteiger partial charge in [0.15, 0.2) is 0 Å². The lowest BCUT2D eigenvalue weighted by molar-refractivity contribution is -0.171. The van der Waals surface area contributed by atoms with Gasteiger partial charge < -0.3 is 4.74 Å². The predicted molar refractivity (Wildman–Crippen MR) is 65.6 cm³/mol. The zero-order chi connectivity index (χ0) is 15.3. The van der Waals surface area contributed by atoms with Crippen molar-refractivity contribution in [2.24, 2.45) is 23.2 Å². The van der Waals surface area contributed by atoms with Crippen LogP contribution in [0.3, 0.4) is 0 Å². The molecule has 8 heteroatoms. The normalized spacial score (nSPS) is 32.4. The van der Waals surface area contributed by atoms with Crippen LogP contribution < -0.4 is 0 Å². The lowest BCUT2D eigenvalue weighted by Gasteiger charge is -2.60. The van der Waals surface area contributed by atoms with Crippen molar-refractivity contribution in [2.75, 3.05) is 6.61 Å². The molecular weight excluding hydrogens is 294 g/mol. The van der Waals surface area contributed by atoms with E-state index in [4.69, 9.17) is 4.55 Å². The third-order valence-corrected chi connectivity index (χ3v) is 5.81. The van der Waals surface area contributed by atoms with Crippen LogP contribution in [0, 0.1) is 23.2 Å². The van der Waals surface area contributed by atoms with Crippen LogP contribution in [0.15, 0.2) is 0 Å². The lowest BCUT2D eigenvalue weighted by atomic mass is 9.46. The average molecular weight is 312 g/mol. The van der Waals surface area contributed by atoms with Gasteiger partial charge in [0.05, 0.1) is 6.61 Å². The Bertz CT molecular complexity index is 512. The second-order valence-electron chi connectivity index (χ2n) is 6.29. The number of alkyl halides is 2. The molecule has 3 rings (SSSR count). The number of fused-ring (bicyclic) bond motifs is 2. The van der Waals surface area contributed by atoms with Crippen LogP contribution in [0.1, 0.15) is 33.1 Å². The SMILES string of the molecule is CC1(C)C2CCC(COC(=O)C(F)(F)S(=O)(=O)O)C1C2. The summed E-state index contributed by atoms with van der Waals surface area (Å²) in [5.41, 5.74) is 0.112.